The molecule has 2 rings (SSSR count). The highest BCUT2D eigenvalue weighted by atomic mass is 19.4. The summed E-state index contributed by atoms with van der Waals surface area (Å²) in [5.41, 5.74) is 2.18. The molecule has 1 aromatic heterocycles. The number of nitrogens with one attached hydrogen (secondary N) is 2. The number of guanidine groups is 1. The molecule has 0 aliphatic rings. The van der Waals surface area contributed by atoms with Crippen molar-refractivity contribution in [3.63, 3.8) is 0 Å². The van der Waals surface area contributed by atoms with Crippen molar-refractivity contribution in [3.05, 3.63) is 65.0 Å². The van der Waals surface area contributed by atoms with Gasteiger partial charge in [0.1, 0.15) is 0 Å². The van der Waals surface area contributed by atoms with Crippen LogP contribution in [0, 0.1) is 6.92 Å². The average molecular weight is 364 g/mol. The smallest absolute Gasteiger partial charge is 0.357 e. The first kappa shape index (κ1) is 19.8. The van der Waals surface area contributed by atoms with E-state index in [2.05, 4.69) is 20.6 Å². The number of aliphatic imine (C=N–C) groups is 1. The molecule has 0 aliphatic heterocycles. The van der Waals surface area contributed by atoms with Gasteiger partial charge >= 0.3 is 6.18 Å². The summed E-state index contributed by atoms with van der Waals surface area (Å²) < 4.78 is 37.8. The van der Waals surface area contributed by atoms with E-state index in [-0.39, 0.29) is 0 Å². The maximum Gasteiger partial charge on any atom is 0.416 e. The molecule has 0 saturated heterocycles. The summed E-state index contributed by atoms with van der Waals surface area (Å²) in [6.07, 6.45) is -1.66. The second-order valence-electron chi connectivity index (χ2n) is 5.87. The van der Waals surface area contributed by atoms with Crippen molar-refractivity contribution in [1.29, 1.82) is 0 Å². The summed E-state index contributed by atoms with van der Waals surface area (Å²) in [5.74, 6) is 0.632. The van der Waals surface area contributed by atoms with Crippen LogP contribution >= 0.6 is 0 Å². The Labute approximate surface area is 151 Å². The summed E-state index contributed by atoms with van der Waals surface area (Å²) >= 11 is 0. The minimum Gasteiger partial charge on any atom is -0.357 e. The van der Waals surface area contributed by atoms with E-state index in [1.807, 2.05) is 32.2 Å². The summed E-state index contributed by atoms with van der Waals surface area (Å²) in [5, 5.41) is 6.35. The topological polar surface area (TPSA) is 49.3 Å². The van der Waals surface area contributed by atoms with Crippen molar-refractivity contribution < 1.29 is 13.2 Å². The van der Waals surface area contributed by atoms with Gasteiger partial charge in [0, 0.05) is 25.0 Å². The maximum absolute atomic E-state index is 12.6. The number of pyridine rings is 1. The van der Waals surface area contributed by atoms with E-state index in [0.717, 1.165) is 35.4 Å². The summed E-state index contributed by atoms with van der Waals surface area (Å²) in [6, 6.07) is 9.07. The van der Waals surface area contributed by atoms with Crippen LogP contribution in [0.2, 0.25) is 0 Å². The van der Waals surface area contributed by atoms with Crippen LogP contribution in [0.3, 0.4) is 0 Å². The van der Waals surface area contributed by atoms with E-state index >= 15 is 0 Å². The molecule has 26 heavy (non-hydrogen) atoms. The predicted molar refractivity (Wildman–Crippen MR) is 96.9 cm³/mol. The molecule has 140 valence electrons. The van der Waals surface area contributed by atoms with E-state index in [4.69, 9.17) is 0 Å². The molecular weight excluding hydrogens is 341 g/mol. The molecule has 0 unspecified atom stereocenters. The van der Waals surface area contributed by atoms with Crippen LogP contribution in [0.4, 0.5) is 13.2 Å². The van der Waals surface area contributed by atoms with E-state index < -0.39 is 11.7 Å². The lowest BCUT2D eigenvalue weighted by Crippen LogP contribution is -2.38. The monoisotopic (exact) mass is 364 g/mol. The fraction of sp³-hybridized carbons (Fsp3) is 0.368. The number of benzene rings is 1. The SMILES string of the molecule is CCNC(=NCc1ccc(C(F)(F)F)cc1)NCCc1ccc(C)nc1. The third kappa shape index (κ3) is 6.38. The first-order valence-electron chi connectivity index (χ1n) is 8.48. The van der Waals surface area contributed by atoms with Crippen molar-refractivity contribution >= 4 is 5.96 Å². The largest absolute Gasteiger partial charge is 0.416 e. The lowest BCUT2D eigenvalue weighted by molar-refractivity contribution is -0.137. The van der Waals surface area contributed by atoms with Crippen molar-refractivity contribution in [3.8, 4) is 0 Å². The molecule has 0 saturated carbocycles. The summed E-state index contributed by atoms with van der Waals surface area (Å²) in [6.45, 7) is 5.59. The normalized spacial score (nSPS) is 12.1. The lowest BCUT2D eigenvalue weighted by Gasteiger charge is -2.11. The predicted octanol–water partition coefficient (Wildman–Crippen LogP) is 3.71. The molecule has 0 radical (unpaired) electrons. The van der Waals surface area contributed by atoms with Gasteiger partial charge in [-0.3, -0.25) is 4.98 Å². The van der Waals surface area contributed by atoms with E-state index in [9.17, 15) is 13.2 Å². The second kappa shape index (κ2) is 9.22. The molecule has 1 aromatic carbocycles. The maximum atomic E-state index is 12.6. The fourth-order valence-electron chi connectivity index (χ4n) is 2.28. The van der Waals surface area contributed by atoms with Gasteiger partial charge < -0.3 is 10.6 Å². The number of hydrogen-bond acceptors (Lipinski definition) is 2. The Kier molecular flexibility index (Phi) is 7.00. The van der Waals surface area contributed by atoms with Gasteiger partial charge in [-0.1, -0.05) is 18.2 Å². The van der Waals surface area contributed by atoms with E-state index in [1.165, 1.54) is 12.1 Å². The standard InChI is InChI=1S/C19H23F3N4/c1-3-23-18(24-11-10-16-5-4-14(2)25-12-16)26-13-15-6-8-17(9-7-15)19(20,21)22/h4-9,12H,3,10-11,13H2,1-2H3,(H2,23,24,26). The molecule has 2 aromatic rings. The Morgan fingerprint density at radius 1 is 1.04 bits per heavy atom. The van der Waals surface area contributed by atoms with Crippen molar-refractivity contribution in [2.45, 2.75) is 33.0 Å². The van der Waals surface area contributed by atoms with Crippen LogP contribution in [0.1, 0.15) is 29.3 Å². The van der Waals surface area contributed by atoms with Crippen LogP contribution < -0.4 is 10.6 Å². The zero-order valence-corrected chi connectivity index (χ0v) is 14.9. The van der Waals surface area contributed by atoms with E-state index in [0.29, 0.717) is 25.6 Å². The number of hydrogen-bond donors (Lipinski definition) is 2. The molecule has 2 N–H and O–H groups in total. The Balaban J connectivity index is 1.90. The third-order valence-corrected chi connectivity index (χ3v) is 3.72. The molecule has 0 amide bonds. The van der Waals surface area contributed by atoms with Gasteiger partial charge in [0.2, 0.25) is 0 Å². The number of alkyl halides is 3. The van der Waals surface area contributed by atoms with E-state index in [1.54, 1.807) is 0 Å². The first-order chi connectivity index (χ1) is 12.4. The van der Waals surface area contributed by atoms with Gasteiger partial charge in [0.05, 0.1) is 12.1 Å². The molecule has 0 spiro atoms. The Morgan fingerprint density at radius 3 is 2.31 bits per heavy atom. The van der Waals surface area contributed by atoms with Crippen molar-refractivity contribution in [2.24, 2.45) is 4.99 Å². The number of rotatable bonds is 6. The number of aryl methyl sites for hydroxylation is 1. The van der Waals surface area contributed by atoms with Gasteiger partial charge in [-0.15, -0.1) is 0 Å². The molecule has 7 heteroatoms. The average Bonchev–Trinajstić information content (AvgIpc) is 2.61. The van der Waals surface area contributed by atoms with Crippen LogP contribution in [-0.2, 0) is 19.1 Å². The van der Waals surface area contributed by atoms with Crippen LogP contribution in [0.5, 0.6) is 0 Å². The highest BCUT2D eigenvalue weighted by Crippen LogP contribution is 2.29. The van der Waals surface area contributed by atoms with Crippen molar-refractivity contribution in [2.75, 3.05) is 13.1 Å². The lowest BCUT2D eigenvalue weighted by atomic mass is 10.1. The Hall–Kier alpha value is -2.57. The molecule has 0 atom stereocenters. The van der Waals surface area contributed by atoms with Crippen LogP contribution in [0.25, 0.3) is 0 Å². The highest BCUT2D eigenvalue weighted by molar-refractivity contribution is 5.79. The minimum atomic E-state index is -4.32. The molecule has 1 heterocycles. The van der Waals surface area contributed by atoms with Crippen molar-refractivity contribution in [1.82, 2.24) is 15.6 Å². The number of nitrogens with zero attached hydrogens (tertiary/aromatic N) is 2. The zero-order valence-electron chi connectivity index (χ0n) is 14.9. The molecular formula is C19H23F3N4. The fourth-order valence-corrected chi connectivity index (χ4v) is 2.28. The molecule has 0 fully saturated rings. The quantitative estimate of drug-likeness (QED) is 0.607. The highest BCUT2D eigenvalue weighted by Gasteiger charge is 2.29. The van der Waals surface area contributed by atoms with Gasteiger partial charge in [0.15, 0.2) is 5.96 Å². The van der Waals surface area contributed by atoms with Gasteiger partial charge in [0.25, 0.3) is 0 Å². The summed E-state index contributed by atoms with van der Waals surface area (Å²) in [4.78, 5) is 8.68. The van der Waals surface area contributed by atoms with Gasteiger partial charge in [-0.05, 0) is 49.6 Å². The molecule has 4 nitrogen and oxygen atoms in total. The second-order valence-corrected chi connectivity index (χ2v) is 5.87. The number of halogens is 3. The zero-order chi connectivity index (χ0) is 19.0. The number of aromatic nitrogens is 1. The summed E-state index contributed by atoms with van der Waals surface area (Å²) in [7, 11) is 0. The minimum absolute atomic E-state index is 0.305. The Bertz CT molecular complexity index is 707. The van der Waals surface area contributed by atoms with Crippen LogP contribution in [-0.4, -0.2) is 24.0 Å². The third-order valence-electron chi connectivity index (χ3n) is 3.72. The van der Waals surface area contributed by atoms with Crippen LogP contribution in [0.15, 0.2) is 47.6 Å². The van der Waals surface area contributed by atoms with Gasteiger partial charge in [-0.2, -0.15) is 13.2 Å². The molecule has 0 bridgehead atoms. The van der Waals surface area contributed by atoms with Gasteiger partial charge in [-0.25, -0.2) is 4.99 Å². The Morgan fingerprint density at radius 2 is 1.73 bits per heavy atom. The first-order valence-corrected chi connectivity index (χ1v) is 8.48. The molecule has 0 aliphatic carbocycles.